The Morgan fingerprint density at radius 1 is 1.05 bits per heavy atom. The number of thioether (sulfide) groups is 1. The van der Waals surface area contributed by atoms with E-state index in [0.717, 1.165) is 32.1 Å². The highest BCUT2D eigenvalue weighted by Gasteiger charge is 2.60. The quantitative estimate of drug-likeness (QED) is 0.727. The van der Waals surface area contributed by atoms with Crippen molar-refractivity contribution in [1.29, 1.82) is 0 Å². The molecule has 4 aliphatic carbocycles. The van der Waals surface area contributed by atoms with Crippen LogP contribution < -0.4 is 0 Å². The Kier molecular flexibility index (Phi) is 3.38. The van der Waals surface area contributed by atoms with Crippen LogP contribution in [0.2, 0.25) is 0 Å². The first-order chi connectivity index (χ1) is 10.5. The molecule has 3 saturated carbocycles. The maximum atomic E-state index is 12.4. The highest BCUT2D eigenvalue weighted by Crippen LogP contribution is 2.64. The number of carbonyl (C=O) groups excluding carboxylic acids is 2. The van der Waals surface area contributed by atoms with Gasteiger partial charge in [0.05, 0.1) is 0 Å². The van der Waals surface area contributed by atoms with Crippen LogP contribution in [0.1, 0.15) is 58.3 Å². The molecule has 0 spiro atoms. The summed E-state index contributed by atoms with van der Waals surface area (Å²) in [7, 11) is 0. The van der Waals surface area contributed by atoms with Gasteiger partial charge in [-0.1, -0.05) is 12.5 Å². The highest BCUT2D eigenvalue weighted by atomic mass is 32.2. The van der Waals surface area contributed by atoms with Crippen molar-refractivity contribution in [2.24, 2.45) is 23.2 Å². The fraction of sp³-hybridized carbons (Fsp3) is 0.789. The minimum atomic E-state index is -0.0352. The van der Waals surface area contributed by atoms with Gasteiger partial charge in [-0.2, -0.15) is 11.8 Å². The Hall–Kier alpha value is -0.570. The van der Waals surface area contributed by atoms with Gasteiger partial charge in [-0.15, -0.1) is 0 Å². The van der Waals surface area contributed by atoms with E-state index in [-0.39, 0.29) is 10.2 Å². The number of hydrogen-bond donors (Lipinski definition) is 0. The van der Waals surface area contributed by atoms with E-state index in [1.807, 2.05) is 17.8 Å². The summed E-state index contributed by atoms with van der Waals surface area (Å²) in [5.74, 6) is 2.83. The summed E-state index contributed by atoms with van der Waals surface area (Å²) in [4.78, 5) is 24.3. The van der Waals surface area contributed by atoms with Gasteiger partial charge in [0.15, 0.2) is 5.78 Å². The molecule has 0 unspecified atom stereocenters. The number of rotatable bonds is 1. The molecule has 0 saturated heterocycles. The number of ketones is 2. The molecule has 120 valence electrons. The molecule has 2 nitrogen and oxygen atoms in total. The molecular weight excluding hydrogens is 292 g/mol. The van der Waals surface area contributed by atoms with Crippen LogP contribution in [0, 0.1) is 23.2 Å². The Bertz CT molecular complexity index is 566. The van der Waals surface area contributed by atoms with E-state index in [0.29, 0.717) is 35.7 Å². The van der Waals surface area contributed by atoms with Crippen molar-refractivity contribution in [3.8, 4) is 0 Å². The van der Waals surface area contributed by atoms with Crippen LogP contribution in [0.3, 0.4) is 0 Å². The lowest BCUT2D eigenvalue weighted by Gasteiger charge is -2.57. The van der Waals surface area contributed by atoms with Gasteiger partial charge in [-0.05, 0) is 68.6 Å². The summed E-state index contributed by atoms with van der Waals surface area (Å²) in [5, 5.41) is 0. The normalized spacial score (nSPS) is 47.5. The lowest BCUT2D eigenvalue weighted by Crippen LogP contribution is -2.53. The van der Waals surface area contributed by atoms with Crippen molar-refractivity contribution in [2.45, 2.75) is 63.0 Å². The van der Waals surface area contributed by atoms with E-state index in [9.17, 15) is 9.59 Å². The first kappa shape index (κ1) is 15.0. The van der Waals surface area contributed by atoms with Crippen LogP contribution in [-0.4, -0.2) is 22.6 Å². The molecule has 0 aliphatic heterocycles. The van der Waals surface area contributed by atoms with E-state index < -0.39 is 0 Å². The van der Waals surface area contributed by atoms with Crippen molar-refractivity contribution in [3.05, 3.63) is 11.6 Å². The second-order valence-electron chi connectivity index (χ2n) is 8.06. The van der Waals surface area contributed by atoms with Gasteiger partial charge < -0.3 is 0 Å². The minimum Gasteiger partial charge on any atom is -0.299 e. The van der Waals surface area contributed by atoms with Crippen molar-refractivity contribution >= 4 is 23.3 Å². The van der Waals surface area contributed by atoms with Crippen molar-refractivity contribution < 1.29 is 9.59 Å². The lowest BCUT2D eigenvalue weighted by atomic mass is 9.52. The lowest BCUT2D eigenvalue weighted by molar-refractivity contribution is -0.130. The molecule has 0 aromatic rings. The molecule has 0 aromatic heterocycles. The molecule has 0 amide bonds. The van der Waals surface area contributed by atoms with Crippen LogP contribution >= 0.6 is 11.8 Å². The fourth-order valence-corrected chi connectivity index (χ4v) is 7.64. The van der Waals surface area contributed by atoms with Crippen molar-refractivity contribution in [2.75, 3.05) is 6.26 Å². The molecule has 22 heavy (non-hydrogen) atoms. The predicted molar refractivity (Wildman–Crippen MR) is 89.9 cm³/mol. The molecule has 5 atom stereocenters. The summed E-state index contributed by atoms with van der Waals surface area (Å²) in [6.45, 7) is 2.24. The monoisotopic (exact) mass is 318 g/mol. The molecule has 4 rings (SSSR count). The van der Waals surface area contributed by atoms with Gasteiger partial charge in [0.2, 0.25) is 0 Å². The Labute approximate surface area is 137 Å². The van der Waals surface area contributed by atoms with Gasteiger partial charge in [0.25, 0.3) is 0 Å². The van der Waals surface area contributed by atoms with Gasteiger partial charge >= 0.3 is 0 Å². The molecule has 0 radical (unpaired) electrons. The largest absolute Gasteiger partial charge is 0.299 e. The summed E-state index contributed by atoms with van der Waals surface area (Å²) in [6, 6.07) is 0. The zero-order valence-electron chi connectivity index (χ0n) is 13.7. The molecule has 4 aliphatic rings. The van der Waals surface area contributed by atoms with E-state index in [1.54, 1.807) is 0 Å². The first-order valence-electron chi connectivity index (χ1n) is 8.83. The Balaban J connectivity index is 1.73. The zero-order valence-corrected chi connectivity index (χ0v) is 14.5. The molecule has 0 heterocycles. The first-order valence-corrected chi connectivity index (χ1v) is 10.1. The van der Waals surface area contributed by atoms with Crippen molar-refractivity contribution in [1.82, 2.24) is 0 Å². The van der Waals surface area contributed by atoms with E-state index in [2.05, 4.69) is 13.2 Å². The second kappa shape index (κ2) is 4.96. The summed E-state index contributed by atoms with van der Waals surface area (Å²) in [6.07, 6.45) is 12.4. The number of hydrogen-bond acceptors (Lipinski definition) is 3. The average molecular weight is 318 g/mol. The fourth-order valence-electron chi connectivity index (χ4n) is 6.31. The number of fused-ring (bicyclic) bond motifs is 5. The van der Waals surface area contributed by atoms with E-state index >= 15 is 0 Å². The minimum absolute atomic E-state index is 0.0352. The van der Waals surface area contributed by atoms with Crippen molar-refractivity contribution in [3.63, 3.8) is 0 Å². The predicted octanol–water partition coefficient (Wildman–Crippen LogP) is 4.18. The van der Waals surface area contributed by atoms with Crippen LogP contribution in [0.5, 0.6) is 0 Å². The maximum Gasteiger partial charge on any atom is 0.155 e. The Morgan fingerprint density at radius 3 is 2.64 bits per heavy atom. The molecule has 0 bridgehead atoms. The highest BCUT2D eigenvalue weighted by molar-refractivity contribution is 8.00. The third-order valence-electron chi connectivity index (χ3n) is 7.48. The standard InChI is InChI=1S/C19H26O2S/c1-18-9-8-16-14(15(18)5-6-17(18)21)4-3-12-11-13(20)7-10-19(12,16)22-2/h11,14-16H,3-10H2,1-2H3/t14-,15-,16-,18-,19+/m0/s1. The summed E-state index contributed by atoms with van der Waals surface area (Å²) >= 11 is 1.99. The van der Waals surface area contributed by atoms with E-state index in [1.165, 1.54) is 18.4 Å². The van der Waals surface area contributed by atoms with Gasteiger partial charge in [-0.25, -0.2) is 0 Å². The third kappa shape index (κ3) is 1.81. The molecule has 0 N–H and O–H groups in total. The zero-order chi connectivity index (χ0) is 15.5. The summed E-state index contributed by atoms with van der Waals surface area (Å²) < 4.78 is 0.198. The third-order valence-corrected chi connectivity index (χ3v) is 8.98. The second-order valence-corrected chi connectivity index (χ2v) is 9.20. The SMILES string of the molecule is CS[C@]12CCC(=O)C=C1CC[C@H]1[C@@H]3CCC(=O)[C@@]3(C)CC[C@@H]12. The van der Waals surface area contributed by atoms with Crippen LogP contribution in [0.15, 0.2) is 11.6 Å². The van der Waals surface area contributed by atoms with E-state index in [4.69, 9.17) is 0 Å². The Morgan fingerprint density at radius 2 is 1.86 bits per heavy atom. The molecule has 3 fully saturated rings. The van der Waals surface area contributed by atoms with Crippen LogP contribution in [0.4, 0.5) is 0 Å². The maximum absolute atomic E-state index is 12.4. The number of Topliss-reactive ketones (excluding diaryl/α,β-unsaturated/α-hetero) is 1. The smallest absolute Gasteiger partial charge is 0.155 e. The molecular formula is C19H26O2S. The number of carbonyl (C=O) groups is 2. The molecule has 3 heteroatoms. The van der Waals surface area contributed by atoms with Gasteiger partial charge in [-0.3, -0.25) is 9.59 Å². The van der Waals surface area contributed by atoms with Gasteiger partial charge in [0, 0.05) is 23.0 Å². The topological polar surface area (TPSA) is 34.1 Å². The average Bonchev–Trinajstić information content (AvgIpc) is 2.82. The van der Waals surface area contributed by atoms with Crippen LogP contribution in [-0.2, 0) is 9.59 Å². The van der Waals surface area contributed by atoms with Crippen LogP contribution in [0.25, 0.3) is 0 Å². The molecule has 0 aromatic carbocycles. The summed E-state index contributed by atoms with van der Waals surface area (Å²) in [5.41, 5.74) is 1.39. The van der Waals surface area contributed by atoms with Gasteiger partial charge in [0.1, 0.15) is 5.78 Å².